The summed E-state index contributed by atoms with van der Waals surface area (Å²) in [6.07, 6.45) is 1.77. The second-order valence-corrected chi connectivity index (χ2v) is 5.86. The molecular formula is C13H14BrN3S. The monoisotopic (exact) mass is 323 g/mol. The molecule has 0 fully saturated rings. The van der Waals surface area contributed by atoms with Crippen LogP contribution in [-0.2, 0) is 0 Å². The van der Waals surface area contributed by atoms with Crippen LogP contribution < -0.4 is 5.32 Å². The maximum absolute atomic E-state index is 4.43. The fourth-order valence-corrected chi connectivity index (χ4v) is 2.74. The van der Waals surface area contributed by atoms with Gasteiger partial charge >= 0.3 is 0 Å². The van der Waals surface area contributed by atoms with Gasteiger partial charge in [-0.1, -0.05) is 17.8 Å². The molecule has 1 N–H and O–H groups in total. The van der Waals surface area contributed by atoms with Gasteiger partial charge in [-0.25, -0.2) is 9.97 Å². The van der Waals surface area contributed by atoms with Gasteiger partial charge in [0.05, 0.1) is 4.47 Å². The van der Waals surface area contributed by atoms with Crippen molar-refractivity contribution in [3.63, 3.8) is 0 Å². The van der Waals surface area contributed by atoms with E-state index in [-0.39, 0.29) is 0 Å². The van der Waals surface area contributed by atoms with E-state index in [4.69, 9.17) is 0 Å². The zero-order valence-corrected chi connectivity index (χ0v) is 12.9. The van der Waals surface area contributed by atoms with Crippen LogP contribution in [0.3, 0.4) is 0 Å². The Morgan fingerprint density at radius 2 is 2.00 bits per heavy atom. The molecule has 0 unspecified atom stereocenters. The van der Waals surface area contributed by atoms with E-state index in [1.165, 1.54) is 16.0 Å². The van der Waals surface area contributed by atoms with Crippen LogP contribution in [0.2, 0.25) is 0 Å². The average Bonchev–Trinajstić information content (AvgIpc) is 2.36. The summed E-state index contributed by atoms with van der Waals surface area (Å²) in [7, 11) is 1.81. The standard InChI is InChI=1S/C13H14BrN3S/c1-8-4-5-10(6-9(8)2)18-12-11(14)7-16-13(15-3)17-12/h4-7H,1-3H3,(H,15,16,17). The Bertz CT molecular complexity index is 572. The molecule has 3 nitrogen and oxygen atoms in total. The van der Waals surface area contributed by atoms with Crippen molar-refractivity contribution in [2.75, 3.05) is 12.4 Å². The molecule has 0 amide bonds. The molecule has 18 heavy (non-hydrogen) atoms. The quantitative estimate of drug-likeness (QED) is 0.865. The fraction of sp³-hybridized carbons (Fsp3) is 0.231. The molecule has 0 radical (unpaired) electrons. The number of aromatic nitrogens is 2. The van der Waals surface area contributed by atoms with Gasteiger partial charge in [0.25, 0.3) is 0 Å². The van der Waals surface area contributed by atoms with Gasteiger partial charge in [0.15, 0.2) is 0 Å². The summed E-state index contributed by atoms with van der Waals surface area (Å²) in [6, 6.07) is 6.42. The van der Waals surface area contributed by atoms with Gasteiger partial charge in [0, 0.05) is 18.1 Å². The first-order valence-electron chi connectivity index (χ1n) is 5.55. The molecule has 0 saturated carbocycles. The van der Waals surface area contributed by atoms with Crippen molar-refractivity contribution in [2.45, 2.75) is 23.8 Å². The highest BCUT2D eigenvalue weighted by Crippen LogP contribution is 2.32. The summed E-state index contributed by atoms with van der Waals surface area (Å²) in [5, 5.41) is 3.86. The zero-order valence-electron chi connectivity index (χ0n) is 10.5. The van der Waals surface area contributed by atoms with E-state index >= 15 is 0 Å². The molecule has 0 bridgehead atoms. The van der Waals surface area contributed by atoms with E-state index in [1.54, 1.807) is 18.0 Å². The number of anilines is 1. The van der Waals surface area contributed by atoms with Crippen molar-refractivity contribution in [1.82, 2.24) is 9.97 Å². The van der Waals surface area contributed by atoms with E-state index in [9.17, 15) is 0 Å². The first kappa shape index (κ1) is 13.4. The van der Waals surface area contributed by atoms with Crippen molar-refractivity contribution in [1.29, 1.82) is 0 Å². The molecule has 0 aliphatic carbocycles. The minimum Gasteiger partial charge on any atom is -0.357 e. The SMILES string of the molecule is CNc1ncc(Br)c(Sc2ccc(C)c(C)c2)n1. The Balaban J connectivity index is 2.30. The van der Waals surface area contributed by atoms with Crippen molar-refractivity contribution >= 4 is 33.6 Å². The maximum atomic E-state index is 4.43. The molecule has 0 aliphatic rings. The Morgan fingerprint density at radius 3 is 2.67 bits per heavy atom. The van der Waals surface area contributed by atoms with E-state index in [0.717, 1.165) is 9.50 Å². The maximum Gasteiger partial charge on any atom is 0.223 e. The lowest BCUT2D eigenvalue weighted by Crippen LogP contribution is -1.97. The normalized spacial score (nSPS) is 10.4. The Hall–Kier alpha value is -1.07. The highest BCUT2D eigenvalue weighted by Gasteiger charge is 2.07. The molecule has 0 atom stereocenters. The number of halogens is 1. The molecule has 2 aromatic rings. The number of nitrogens with zero attached hydrogens (tertiary/aromatic N) is 2. The second-order valence-electron chi connectivity index (χ2n) is 3.94. The third kappa shape index (κ3) is 3.03. The van der Waals surface area contributed by atoms with Crippen LogP contribution in [0.15, 0.2) is 38.8 Å². The predicted molar refractivity (Wildman–Crippen MR) is 79.3 cm³/mol. The third-order valence-corrected chi connectivity index (χ3v) is 4.47. The predicted octanol–water partition coefficient (Wildman–Crippen LogP) is 4.05. The highest BCUT2D eigenvalue weighted by molar-refractivity contribution is 9.10. The Morgan fingerprint density at radius 1 is 1.22 bits per heavy atom. The van der Waals surface area contributed by atoms with E-state index in [1.807, 2.05) is 7.05 Å². The number of hydrogen-bond acceptors (Lipinski definition) is 4. The largest absolute Gasteiger partial charge is 0.357 e. The minimum atomic E-state index is 0.629. The number of hydrogen-bond donors (Lipinski definition) is 1. The summed E-state index contributed by atoms with van der Waals surface area (Å²) in [5.74, 6) is 0.629. The van der Waals surface area contributed by atoms with E-state index < -0.39 is 0 Å². The minimum absolute atomic E-state index is 0.629. The van der Waals surface area contributed by atoms with Gasteiger partial charge in [0.2, 0.25) is 5.95 Å². The first-order valence-corrected chi connectivity index (χ1v) is 7.16. The smallest absolute Gasteiger partial charge is 0.223 e. The van der Waals surface area contributed by atoms with Gasteiger partial charge in [-0.2, -0.15) is 0 Å². The molecule has 2 rings (SSSR count). The van der Waals surface area contributed by atoms with Gasteiger partial charge in [-0.15, -0.1) is 0 Å². The lowest BCUT2D eigenvalue weighted by molar-refractivity contribution is 1.02. The fourth-order valence-electron chi connectivity index (χ4n) is 1.43. The highest BCUT2D eigenvalue weighted by atomic mass is 79.9. The first-order chi connectivity index (χ1) is 8.60. The van der Waals surface area contributed by atoms with Crippen LogP contribution >= 0.6 is 27.7 Å². The zero-order chi connectivity index (χ0) is 13.1. The van der Waals surface area contributed by atoms with Crippen LogP contribution in [-0.4, -0.2) is 17.0 Å². The number of aryl methyl sites for hydroxylation is 2. The molecule has 0 spiro atoms. The summed E-state index contributed by atoms with van der Waals surface area (Å²) in [5.41, 5.74) is 2.59. The lowest BCUT2D eigenvalue weighted by Gasteiger charge is -2.07. The van der Waals surface area contributed by atoms with E-state index in [2.05, 4.69) is 63.3 Å². The van der Waals surface area contributed by atoms with Crippen molar-refractivity contribution in [3.8, 4) is 0 Å². The van der Waals surface area contributed by atoms with Crippen LogP contribution in [0.5, 0.6) is 0 Å². The topological polar surface area (TPSA) is 37.8 Å². The number of nitrogens with one attached hydrogen (secondary N) is 1. The second kappa shape index (κ2) is 5.71. The summed E-state index contributed by atoms with van der Waals surface area (Å²) in [6.45, 7) is 4.23. The van der Waals surface area contributed by atoms with Gasteiger partial charge in [-0.05, 0) is 53.0 Å². The molecule has 0 saturated heterocycles. The van der Waals surface area contributed by atoms with Crippen molar-refractivity contribution < 1.29 is 0 Å². The third-order valence-electron chi connectivity index (χ3n) is 2.63. The van der Waals surface area contributed by atoms with Gasteiger partial charge in [-0.3, -0.25) is 0 Å². The van der Waals surface area contributed by atoms with Crippen LogP contribution in [0.4, 0.5) is 5.95 Å². The molecule has 1 aromatic heterocycles. The van der Waals surface area contributed by atoms with Crippen molar-refractivity contribution in [3.05, 3.63) is 40.0 Å². The number of rotatable bonds is 3. The molecule has 94 valence electrons. The van der Waals surface area contributed by atoms with Crippen LogP contribution in [0.1, 0.15) is 11.1 Å². The van der Waals surface area contributed by atoms with Gasteiger partial charge < -0.3 is 5.32 Å². The van der Waals surface area contributed by atoms with Crippen LogP contribution in [0, 0.1) is 13.8 Å². The molecule has 5 heteroatoms. The number of benzene rings is 1. The molecular weight excluding hydrogens is 310 g/mol. The summed E-state index contributed by atoms with van der Waals surface area (Å²) in [4.78, 5) is 9.76. The summed E-state index contributed by atoms with van der Waals surface area (Å²) < 4.78 is 0.907. The van der Waals surface area contributed by atoms with Crippen molar-refractivity contribution in [2.24, 2.45) is 0 Å². The molecule has 0 aliphatic heterocycles. The Kier molecular flexibility index (Phi) is 4.24. The van der Waals surface area contributed by atoms with E-state index in [0.29, 0.717) is 5.95 Å². The summed E-state index contributed by atoms with van der Waals surface area (Å²) >= 11 is 5.11. The Labute approximate surface area is 120 Å². The molecule has 1 heterocycles. The van der Waals surface area contributed by atoms with Crippen LogP contribution in [0.25, 0.3) is 0 Å². The molecule has 1 aromatic carbocycles. The average molecular weight is 324 g/mol. The lowest BCUT2D eigenvalue weighted by atomic mass is 10.1. The van der Waals surface area contributed by atoms with Gasteiger partial charge in [0.1, 0.15) is 5.03 Å².